The number of rotatable bonds is 7. The molecule has 4 rings (SSSR count). The molecule has 33 heavy (non-hydrogen) atoms. The van der Waals surface area contributed by atoms with E-state index < -0.39 is 0 Å². The van der Waals surface area contributed by atoms with Gasteiger partial charge in [-0.25, -0.2) is 5.43 Å². The molecule has 1 heterocycles. The Kier molecular flexibility index (Phi) is 7.67. The molecule has 0 spiro atoms. The summed E-state index contributed by atoms with van der Waals surface area (Å²) < 4.78 is 1.89. The van der Waals surface area contributed by atoms with E-state index in [1.807, 2.05) is 47.0 Å². The van der Waals surface area contributed by atoms with E-state index in [9.17, 15) is 4.79 Å². The Bertz CT molecular complexity index is 1290. The topological polar surface area (TPSA) is 72.2 Å². The fourth-order valence-corrected chi connectivity index (χ4v) is 4.23. The fraction of sp³-hybridized carbons (Fsp3) is 0.0435. The van der Waals surface area contributed by atoms with Crippen LogP contribution in [-0.2, 0) is 4.79 Å². The van der Waals surface area contributed by atoms with Gasteiger partial charge in [-0.2, -0.15) is 5.10 Å². The summed E-state index contributed by atoms with van der Waals surface area (Å²) in [6.07, 6.45) is 1.46. The molecule has 0 unspecified atom stereocenters. The molecule has 0 fully saturated rings. The summed E-state index contributed by atoms with van der Waals surface area (Å²) >= 11 is 19.3. The molecule has 0 aliphatic heterocycles. The van der Waals surface area contributed by atoms with Gasteiger partial charge in [0.2, 0.25) is 0 Å². The molecular weight excluding hydrogens is 501 g/mol. The van der Waals surface area contributed by atoms with Crippen molar-refractivity contribution in [2.24, 2.45) is 5.10 Å². The van der Waals surface area contributed by atoms with Crippen molar-refractivity contribution in [3.05, 3.63) is 93.4 Å². The Hall–Kier alpha value is -2.84. The number of aromatic nitrogens is 3. The zero-order valence-electron chi connectivity index (χ0n) is 17.0. The molecular formula is C23H16Cl3N5OS. The molecule has 0 aliphatic carbocycles. The average molecular weight is 517 g/mol. The van der Waals surface area contributed by atoms with Crippen molar-refractivity contribution in [3.63, 3.8) is 0 Å². The van der Waals surface area contributed by atoms with Gasteiger partial charge in [0.15, 0.2) is 11.0 Å². The second-order valence-electron chi connectivity index (χ2n) is 6.73. The molecule has 0 atom stereocenters. The van der Waals surface area contributed by atoms with Gasteiger partial charge < -0.3 is 0 Å². The third-order valence-electron chi connectivity index (χ3n) is 4.44. The number of carbonyl (C=O) groups excluding carboxylic acids is 1. The van der Waals surface area contributed by atoms with E-state index in [-0.39, 0.29) is 11.7 Å². The number of amides is 1. The van der Waals surface area contributed by atoms with Gasteiger partial charge in [-0.05, 0) is 36.4 Å². The number of hydrogen-bond acceptors (Lipinski definition) is 5. The Labute approximate surface area is 209 Å². The molecule has 10 heteroatoms. The molecule has 0 saturated carbocycles. The van der Waals surface area contributed by atoms with Crippen molar-refractivity contribution in [2.75, 3.05) is 5.75 Å². The molecule has 4 aromatic rings. The van der Waals surface area contributed by atoms with Gasteiger partial charge in [0.05, 0.1) is 17.0 Å². The lowest BCUT2D eigenvalue weighted by atomic mass is 10.2. The summed E-state index contributed by atoms with van der Waals surface area (Å²) in [4.78, 5) is 12.3. The van der Waals surface area contributed by atoms with Gasteiger partial charge >= 0.3 is 0 Å². The Morgan fingerprint density at radius 3 is 2.42 bits per heavy atom. The molecule has 0 aliphatic rings. The lowest BCUT2D eigenvalue weighted by Gasteiger charge is -2.10. The smallest absolute Gasteiger partial charge is 0.250 e. The van der Waals surface area contributed by atoms with Crippen LogP contribution >= 0.6 is 46.6 Å². The minimum Gasteiger partial charge on any atom is -0.272 e. The van der Waals surface area contributed by atoms with E-state index in [1.165, 1.54) is 18.0 Å². The third kappa shape index (κ3) is 5.94. The molecule has 1 amide bonds. The zero-order chi connectivity index (χ0) is 23.2. The van der Waals surface area contributed by atoms with E-state index in [4.69, 9.17) is 34.8 Å². The first kappa shape index (κ1) is 23.3. The number of benzene rings is 3. The minimum atomic E-state index is -0.298. The Morgan fingerprint density at radius 1 is 0.970 bits per heavy atom. The van der Waals surface area contributed by atoms with E-state index in [0.717, 1.165) is 11.3 Å². The maximum absolute atomic E-state index is 12.3. The number of hydrogen-bond donors (Lipinski definition) is 1. The predicted molar refractivity (Wildman–Crippen MR) is 135 cm³/mol. The van der Waals surface area contributed by atoms with Crippen LogP contribution in [0.3, 0.4) is 0 Å². The van der Waals surface area contributed by atoms with Crippen LogP contribution in [-0.4, -0.2) is 32.6 Å². The van der Waals surface area contributed by atoms with E-state index in [2.05, 4.69) is 20.7 Å². The molecule has 6 nitrogen and oxygen atoms in total. The highest BCUT2D eigenvalue weighted by Crippen LogP contribution is 2.28. The number of nitrogens with one attached hydrogen (secondary N) is 1. The molecule has 3 aromatic carbocycles. The van der Waals surface area contributed by atoms with Crippen molar-refractivity contribution in [2.45, 2.75) is 5.16 Å². The minimum absolute atomic E-state index is 0.0895. The molecule has 1 aromatic heterocycles. The highest BCUT2D eigenvalue weighted by Gasteiger charge is 2.17. The SMILES string of the molecule is O=C(CSc1nnc(-c2ccccc2)n1-c1ccc(Cl)cc1)N/N=C/c1ccc(Cl)cc1Cl. The van der Waals surface area contributed by atoms with Crippen LogP contribution in [0.4, 0.5) is 0 Å². The quantitative estimate of drug-likeness (QED) is 0.182. The summed E-state index contributed by atoms with van der Waals surface area (Å²) in [5.74, 6) is 0.455. The molecule has 166 valence electrons. The monoisotopic (exact) mass is 515 g/mol. The highest BCUT2D eigenvalue weighted by atomic mass is 35.5. The van der Waals surface area contributed by atoms with Crippen LogP contribution in [0.25, 0.3) is 17.1 Å². The standard InChI is InChI=1S/C23H16Cl3N5OS/c24-17-8-10-19(11-9-17)31-22(15-4-2-1-3-5-15)29-30-23(31)33-14-21(32)28-27-13-16-6-7-18(25)12-20(16)26/h1-13H,14H2,(H,28,32)/b27-13+. The first-order valence-electron chi connectivity index (χ1n) is 9.68. The number of halogens is 3. The number of hydrazone groups is 1. The lowest BCUT2D eigenvalue weighted by Crippen LogP contribution is -2.20. The lowest BCUT2D eigenvalue weighted by molar-refractivity contribution is -0.118. The van der Waals surface area contributed by atoms with Crippen LogP contribution in [0.5, 0.6) is 0 Å². The molecule has 0 saturated heterocycles. The van der Waals surface area contributed by atoms with Crippen molar-refractivity contribution in [1.82, 2.24) is 20.2 Å². The number of carbonyl (C=O) groups is 1. The average Bonchev–Trinajstić information content (AvgIpc) is 3.24. The zero-order valence-corrected chi connectivity index (χ0v) is 20.0. The summed E-state index contributed by atoms with van der Waals surface area (Å²) in [5, 5.41) is 14.8. The van der Waals surface area contributed by atoms with E-state index in [1.54, 1.807) is 30.3 Å². The number of nitrogens with zero attached hydrogens (tertiary/aromatic N) is 4. The maximum atomic E-state index is 12.3. The molecule has 0 bridgehead atoms. The van der Waals surface area contributed by atoms with Crippen molar-refractivity contribution in [3.8, 4) is 17.1 Å². The first-order chi connectivity index (χ1) is 16.0. The van der Waals surface area contributed by atoms with Gasteiger partial charge in [-0.1, -0.05) is 83.0 Å². The summed E-state index contributed by atoms with van der Waals surface area (Å²) in [5.41, 5.74) is 4.87. The van der Waals surface area contributed by atoms with Crippen LogP contribution in [0.2, 0.25) is 15.1 Å². The number of thioether (sulfide) groups is 1. The molecule has 0 radical (unpaired) electrons. The van der Waals surface area contributed by atoms with Crippen LogP contribution in [0.1, 0.15) is 5.56 Å². The summed E-state index contributed by atoms with van der Waals surface area (Å²) in [7, 11) is 0. The molecule has 1 N–H and O–H groups in total. The van der Waals surface area contributed by atoms with Crippen LogP contribution in [0, 0.1) is 0 Å². The predicted octanol–water partition coefficient (Wildman–Crippen LogP) is 6.14. The fourth-order valence-electron chi connectivity index (χ4n) is 2.90. The second-order valence-corrected chi connectivity index (χ2v) is 8.95. The van der Waals surface area contributed by atoms with E-state index >= 15 is 0 Å². The van der Waals surface area contributed by atoms with E-state index in [0.29, 0.717) is 31.6 Å². The van der Waals surface area contributed by atoms with Crippen molar-refractivity contribution >= 4 is 58.7 Å². The highest BCUT2D eigenvalue weighted by molar-refractivity contribution is 7.99. The van der Waals surface area contributed by atoms with Gasteiger partial charge in [-0.15, -0.1) is 10.2 Å². The van der Waals surface area contributed by atoms with Crippen LogP contribution < -0.4 is 5.43 Å². The Balaban J connectivity index is 1.49. The largest absolute Gasteiger partial charge is 0.272 e. The van der Waals surface area contributed by atoms with Gasteiger partial charge in [0.1, 0.15) is 0 Å². The summed E-state index contributed by atoms with van der Waals surface area (Å²) in [6, 6.07) is 22.1. The second kappa shape index (κ2) is 10.9. The normalized spacial score (nSPS) is 11.1. The third-order valence-corrected chi connectivity index (χ3v) is 6.18. The van der Waals surface area contributed by atoms with Gasteiger partial charge in [0.25, 0.3) is 5.91 Å². The Morgan fingerprint density at radius 2 is 1.70 bits per heavy atom. The maximum Gasteiger partial charge on any atom is 0.250 e. The van der Waals surface area contributed by atoms with Gasteiger partial charge in [0, 0.05) is 26.9 Å². The van der Waals surface area contributed by atoms with Gasteiger partial charge in [-0.3, -0.25) is 9.36 Å². The van der Waals surface area contributed by atoms with Crippen molar-refractivity contribution < 1.29 is 4.79 Å². The first-order valence-corrected chi connectivity index (χ1v) is 11.8. The summed E-state index contributed by atoms with van der Waals surface area (Å²) in [6.45, 7) is 0. The van der Waals surface area contributed by atoms with Crippen LogP contribution in [0.15, 0.2) is 83.1 Å². The van der Waals surface area contributed by atoms with Crippen molar-refractivity contribution in [1.29, 1.82) is 0 Å².